The number of sulfone groups is 1. The second-order valence-electron chi connectivity index (χ2n) is 18.8. The van der Waals surface area contributed by atoms with Gasteiger partial charge in [-0.1, -0.05) is 23.6 Å². The Morgan fingerprint density at radius 1 is 0.986 bits per heavy atom. The first-order chi connectivity index (χ1) is 32.6. The van der Waals surface area contributed by atoms with Crippen molar-refractivity contribution in [1.29, 1.82) is 0 Å². The number of alkyl halides is 8. The molecule has 1 fully saturated rings. The van der Waals surface area contributed by atoms with Gasteiger partial charge < -0.3 is 9.80 Å². The number of nitrogens with zero attached hydrogens (tertiary/aromatic N) is 7. The molecular formula is C44H42ClF10N8O6S2+. The summed E-state index contributed by atoms with van der Waals surface area (Å²) in [7, 11) is -2.87. The highest BCUT2D eigenvalue weighted by molar-refractivity contribution is 7.92. The quantitative estimate of drug-likeness (QED) is 0.0524. The van der Waals surface area contributed by atoms with E-state index < -0.39 is 145 Å². The number of pyridine rings is 1. The standard InChI is InChI=1S/C44H41ClF10N8O6S2/c1-41(2,71(6,68)69)12-11-25-7-8-26(27-9-10-30(45)36-32(58-61(38(27)36)21-42(48,49)50)18-62(70(66)67)34(65)20-63(3,4)5)37(56-25)31(15-22-13-23(46)16-24(47)14-22)57-33(64)19-60-40-35(39(59-60)44(53,54)55)28-17-29(28)43(40,51)52/h7-10,13-14,16,28-29,31,70H,15,17-21H2,1-6H3/p+1/t28-,29+,31?/m0/s1. The first-order valence-electron chi connectivity index (χ1n) is 21.1. The van der Waals surface area contributed by atoms with Gasteiger partial charge in [-0.15, -0.1) is 0 Å². The van der Waals surface area contributed by atoms with Crippen molar-refractivity contribution in [3.8, 4) is 23.0 Å². The van der Waals surface area contributed by atoms with Crippen LogP contribution >= 0.6 is 11.6 Å². The number of amides is 2. The molecule has 0 aliphatic heterocycles. The molecule has 14 nitrogen and oxygen atoms in total. The molecule has 3 atom stereocenters. The molecule has 3 aromatic heterocycles. The van der Waals surface area contributed by atoms with Crippen LogP contribution in [0, 0.1) is 29.4 Å². The highest BCUT2D eigenvalue weighted by Gasteiger charge is 2.68. The predicted octanol–water partition coefficient (Wildman–Crippen LogP) is 6.85. The molecule has 0 saturated heterocycles. The molecule has 3 heterocycles. The fourth-order valence-corrected chi connectivity index (χ4v) is 9.32. The number of hydrogen-bond acceptors (Lipinski definition) is 9. The topological polar surface area (TPSA) is 166 Å². The van der Waals surface area contributed by atoms with Gasteiger partial charge in [0.2, 0.25) is 16.8 Å². The molecule has 2 aliphatic carbocycles. The smallest absolute Gasteiger partial charge is 0.346 e. The first-order valence-corrected chi connectivity index (χ1v) is 24.5. The average molecular weight is 1070 g/mol. The van der Waals surface area contributed by atoms with Gasteiger partial charge >= 0.3 is 12.4 Å². The summed E-state index contributed by atoms with van der Waals surface area (Å²) in [5.74, 6) is -5.82. The van der Waals surface area contributed by atoms with Crippen LogP contribution in [-0.4, -0.2) is 107 Å². The van der Waals surface area contributed by atoms with Crippen molar-refractivity contribution < 1.29 is 74.8 Å². The van der Waals surface area contributed by atoms with Crippen LogP contribution in [-0.2, 0) is 68.5 Å². The molecule has 0 bridgehead atoms. The maximum atomic E-state index is 15.6. The van der Waals surface area contributed by atoms with Crippen molar-refractivity contribution >= 4 is 55.0 Å². The maximum absolute atomic E-state index is 15.6. The highest BCUT2D eigenvalue weighted by atomic mass is 35.5. The number of fused-ring (bicyclic) bond motifs is 4. The average Bonchev–Trinajstić information content (AvgIpc) is 3.72. The molecule has 1 N–H and O–H groups in total. The van der Waals surface area contributed by atoms with Crippen LogP contribution in [0.4, 0.5) is 43.9 Å². The summed E-state index contributed by atoms with van der Waals surface area (Å²) < 4.78 is 196. The fraction of sp³-hybridized carbons (Fsp3) is 0.432. The van der Waals surface area contributed by atoms with E-state index in [1.165, 1.54) is 38.1 Å². The van der Waals surface area contributed by atoms with Crippen molar-refractivity contribution in [1.82, 2.24) is 34.2 Å². The third-order valence-electron chi connectivity index (χ3n) is 11.8. The molecule has 7 rings (SSSR count). The van der Waals surface area contributed by atoms with Gasteiger partial charge in [-0.25, -0.2) is 34.9 Å². The molecule has 27 heteroatoms. The summed E-state index contributed by atoms with van der Waals surface area (Å²) in [6, 6.07) is 5.22. The van der Waals surface area contributed by atoms with E-state index in [0.717, 1.165) is 18.4 Å². The Balaban J connectivity index is 1.46. The molecule has 2 aliphatic rings. The molecule has 0 radical (unpaired) electrons. The molecule has 2 amide bonds. The van der Waals surface area contributed by atoms with Crippen LogP contribution < -0.4 is 5.32 Å². The molecule has 2 aromatic carbocycles. The Morgan fingerprint density at radius 3 is 2.20 bits per heavy atom. The predicted molar refractivity (Wildman–Crippen MR) is 237 cm³/mol. The first kappa shape index (κ1) is 53.0. The summed E-state index contributed by atoms with van der Waals surface area (Å²) in [4.78, 5) is 32.0. The Bertz CT molecular complexity index is 3230. The fourth-order valence-electron chi connectivity index (χ4n) is 8.33. The number of likely N-dealkylation sites (N-methyl/N-ethyl adjacent to an activating group) is 1. The maximum Gasteiger partial charge on any atom is 0.435 e. The van der Waals surface area contributed by atoms with E-state index >= 15 is 8.78 Å². The summed E-state index contributed by atoms with van der Waals surface area (Å²) in [5, 5.41) is 9.35. The third-order valence-corrected chi connectivity index (χ3v) is 14.8. The number of hydrogen-bond donors (Lipinski definition) is 2. The molecular weight excluding hydrogens is 1030 g/mol. The minimum absolute atomic E-state index is 0.0549. The van der Waals surface area contributed by atoms with Crippen LogP contribution in [0.25, 0.3) is 22.0 Å². The van der Waals surface area contributed by atoms with E-state index in [-0.39, 0.29) is 54.9 Å². The number of nitrogens with one attached hydrogen (secondary N) is 1. The highest BCUT2D eigenvalue weighted by Crippen LogP contribution is 2.68. The summed E-state index contributed by atoms with van der Waals surface area (Å²) in [5.41, 5.74) is -5.69. The van der Waals surface area contributed by atoms with E-state index in [2.05, 4.69) is 32.3 Å². The van der Waals surface area contributed by atoms with Gasteiger partial charge in [-0.05, 0) is 74.4 Å². The number of rotatable bonds is 14. The van der Waals surface area contributed by atoms with Gasteiger partial charge in [-0.3, -0.25) is 19.0 Å². The van der Waals surface area contributed by atoms with Gasteiger partial charge in [0.25, 0.3) is 11.8 Å². The number of thiol groups is 1. The number of quaternary nitrogens is 1. The molecule has 1 saturated carbocycles. The third kappa shape index (κ3) is 11.2. The lowest BCUT2D eigenvalue weighted by atomic mass is 9.93. The lowest BCUT2D eigenvalue weighted by Gasteiger charge is -2.25. The zero-order chi connectivity index (χ0) is 52.7. The van der Waals surface area contributed by atoms with Crippen molar-refractivity contribution in [2.24, 2.45) is 5.92 Å². The number of aromatic nitrogens is 5. The minimum Gasteiger partial charge on any atom is -0.346 e. The van der Waals surface area contributed by atoms with Crippen molar-refractivity contribution in [2.75, 3.05) is 33.9 Å². The van der Waals surface area contributed by atoms with E-state index in [0.29, 0.717) is 15.1 Å². The van der Waals surface area contributed by atoms with Gasteiger partial charge in [-0.2, -0.15) is 45.3 Å². The summed E-state index contributed by atoms with van der Waals surface area (Å²) in [6.45, 7) is -1.89. The van der Waals surface area contributed by atoms with E-state index in [1.807, 2.05) is 0 Å². The van der Waals surface area contributed by atoms with Crippen LogP contribution in [0.5, 0.6) is 0 Å². The van der Waals surface area contributed by atoms with E-state index in [1.54, 1.807) is 21.1 Å². The van der Waals surface area contributed by atoms with Crippen LogP contribution in [0.3, 0.4) is 0 Å². The minimum atomic E-state index is -5.20. The van der Waals surface area contributed by atoms with Gasteiger partial charge in [0, 0.05) is 40.3 Å². The molecule has 382 valence electrons. The van der Waals surface area contributed by atoms with Crippen LogP contribution in [0.1, 0.15) is 71.8 Å². The normalized spacial score (nSPS) is 17.2. The Kier molecular flexibility index (Phi) is 13.7. The Hall–Kier alpha value is -5.78. The van der Waals surface area contributed by atoms with Crippen molar-refractivity contribution in [2.45, 2.75) is 81.3 Å². The Labute approximate surface area is 405 Å². The van der Waals surface area contributed by atoms with Crippen LogP contribution in [0.2, 0.25) is 5.02 Å². The molecule has 5 aromatic rings. The largest absolute Gasteiger partial charge is 0.435 e. The number of benzene rings is 2. The SMILES string of the molecule is CC(C)(C#Cc1ccc(-c2ccc(Cl)c3c(CN(C(=O)C[N+](C)(C)C)[SH](=O)=O)nn(CC(F)(F)F)c23)c(C(Cc2cc(F)cc(F)c2)NC(=O)Cn2nc(C(F)(F)F)c3c2C(F)(F)[C@@H]2C[C@H]32)n1)S(C)(=O)=O. The second kappa shape index (κ2) is 18.4. The lowest BCUT2D eigenvalue weighted by Crippen LogP contribution is -2.45. The van der Waals surface area contributed by atoms with E-state index in [4.69, 9.17) is 11.6 Å². The van der Waals surface area contributed by atoms with E-state index in [9.17, 15) is 61.5 Å². The van der Waals surface area contributed by atoms with Crippen molar-refractivity contribution in [3.05, 3.63) is 98.7 Å². The second-order valence-corrected chi connectivity index (χ2v) is 22.7. The monoisotopic (exact) mass is 1070 g/mol. The van der Waals surface area contributed by atoms with Gasteiger partial charge in [0.05, 0.1) is 55.7 Å². The molecule has 1 unspecified atom stereocenters. The lowest BCUT2D eigenvalue weighted by molar-refractivity contribution is -0.862. The Morgan fingerprint density at radius 2 is 1.62 bits per heavy atom. The number of carbonyl (C=O) groups excluding carboxylic acids is 2. The molecule has 71 heavy (non-hydrogen) atoms. The van der Waals surface area contributed by atoms with Crippen LogP contribution in [0.15, 0.2) is 42.5 Å². The summed E-state index contributed by atoms with van der Waals surface area (Å²) >= 11 is 6.65. The van der Waals surface area contributed by atoms with Gasteiger partial charge in [0.15, 0.2) is 22.1 Å². The number of halogens is 11. The zero-order valence-electron chi connectivity index (χ0n) is 38.1. The van der Waals surface area contributed by atoms with Crippen molar-refractivity contribution in [3.63, 3.8) is 0 Å². The number of carbonyl (C=O) groups is 2. The zero-order valence-corrected chi connectivity index (χ0v) is 40.6. The molecule has 0 spiro atoms. The summed E-state index contributed by atoms with van der Waals surface area (Å²) in [6.07, 6.45) is -10.3. The van der Waals surface area contributed by atoms with Gasteiger partial charge in [0.1, 0.15) is 40.9 Å².